The van der Waals surface area contributed by atoms with Gasteiger partial charge < -0.3 is 10.1 Å². The summed E-state index contributed by atoms with van der Waals surface area (Å²) in [5.41, 5.74) is 0.963. The zero-order valence-electron chi connectivity index (χ0n) is 15.1. The Bertz CT molecular complexity index is 607. The first-order chi connectivity index (χ1) is 12.0. The number of ether oxygens (including phenoxy) is 1. The molecule has 4 aliphatic rings. The molecule has 0 aromatic heterocycles. The van der Waals surface area contributed by atoms with Crippen LogP contribution in [-0.2, 0) is 9.53 Å². The van der Waals surface area contributed by atoms with Crippen molar-refractivity contribution in [3.05, 3.63) is 35.6 Å². The Balaban J connectivity index is 1.47. The predicted octanol–water partition coefficient (Wildman–Crippen LogP) is 4.23. The van der Waals surface area contributed by atoms with Crippen LogP contribution in [0.5, 0.6) is 0 Å². The van der Waals surface area contributed by atoms with Gasteiger partial charge in [-0.1, -0.05) is 12.1 Å². The first-order valence-corrected chi connectivity index (χ1v) is 9.58. The summed E-state index contributed by atoms with van der Waals surface area (Å²) in [4.78, 5) is 12.8. The number of hydrogen-bond acceptors (Lipinski definition) is 2. The van der Waals surface area contributed by atoms with E-state index in [9.17, 15) is 9.18 Å². The molecule has 4 heteroatoms. The van der Waals surface area contributed by atoms with Crippen LogP contribution in [0.3, 0.4) is 0 Å². The molecule has 1 aromatic carbocycles. The van der Waals surface area contributed by atoms with Gasteiger partial charge in [-0.05, 0) is 86.3 Å². The lowest BCUT2D eigenvalue weighted by atomic mass is 9.48. The van der Waals surface area contributed by atoms with Gasteiger partial charge in [0, 0.05) is 13.2 Å². The molecule has 4 bridgehead atoms. The summed E-state index contributed by atoms with van der Waals surface area (Å²) in [6, 6.07) is 6.15. The topological polar surface area (TPSA) is 38.3 Å². The van der Waals surface area contributed by atoms with Crippen LogP contribution in [0.1, 0.15) is 57.1 Å². The fourth-order valence-electron chi connectivity index (χ4n) is 6.18. The summed E-state index contributed by atoms with van der Waals surface area (Å²) in [6.45, 7) is 2.17. The zero-order chi connectivity index (χ0) is 17.6. The lowest BCUT2D eigenvalue weighted by molar-refractivity contribution is -0.136. The first kappa shape index (κ1) is 17.0. The molecule has 136 valence electrons. The van der Waals surface area contributed by atoms with Gasteiger partial charge in [0.25, 0.3) is 5.91 Å². The number of nitrogens with one attached hydrogen (secondary N) is 1. The summed E-state index contributed by atoms with van der Waals surface area (Å²) < 4.78 is 18.6. The Morgan fingerprint density at radius 1 is 1.12 bits per heavy atom. The van der Waals surface area contributed by atoms with Gasteiger partial charge in [-0.25, -0.2) is 4.39 Å². The van der Waals surface area contributed by atoms with E-state index < -0.39 is 6.10 Å². The number of carbonyl (C=O) groups is 1. The molecule has 1 amide bonds. The summed E-state index contributed by atoms with van der Waals surface area (Å²) in [6.07, 6.45) is 7.29. The van der Waals surface area contributed by atoms with Crippen molar-refractivity contribution in [2.24, 2.45) is 23.2 Å². The second-order valence-electron chi connectivity index (χ2n) is 8.68. The quantitative estimate of drug-likeness (QED) is 0.867. The monoisotopic (exact) mass is 345 g/mol. The van der Waals surface area contributed by atoms with Crippen molar-refractivity contribution in [3.63, 3.8) is 0 Å². The van der Waals surface area contributed by atoms with E-state index >= 15 is 0 Å². The van der Waals surface area contributed by atoms with Gasteiger partial charge in [0.05, 0.1) is 0 Å². The van der Waals surface area contributed by atoms with E-state index in [2.05, 4.69) is 12.2 Å². The normalized spacial score (nSPS) is 35.4. The molecule has 5 rings (SSSR count). The van der Waals surface area contributed by atoms with Gasteiger partial charge in [0.2, 0.25) is 0 Å². The lowest BCUT2D eigenvalue weighted by Gasteiger charge is -2.59. The van der Waals surface area contributed by atoms with E-state index in [0.29, 0.717) is 5.56 Å². The largest absolute Gasteiger partial charge is 0.367 e. The van der Waals surface area contributed by atoms with Crippen LogP contribution in [0.15, 0.2) is 24.3 Å². The van der Waals surface area contributed by atoms with Crippen LogP contribution in [0.4, 0.5) is 4.39 Å². The standard InChI is InChI=1S/C21H28FNO2/c1-13(21-10-14-7-15(11-21)9-16(8-14)12-21)23-20(24)19(25-2)17-3-5-18(22)6-4-17/h3-6,13-16,19H,7-12H2,1-2H3,(H,23,24). The number of hydrogen-bond donors (Lipinski definition) is 1. The van der Waals surface area contributed by atoms with Crippen molar-refractivity contribution >= 4 is 5.91 Å². The second kappa shape index (κ2) is 6.39. The molecule has 25 heavy (non-hydrogen) atoms. The maximum absolute atomic E-state index is 13.1. The van der Waals surface area contributed by atoms with E-state index in [0.717, 1.165) is 17.8 Å². The Morgan fingerprint density at radius 3 is 2.12 bits per heavy atom. The maximum Gasteiger partial charge on any atom is 0.253 e. The molecule has 0 spiro atoms. The third-order valence-electron chi connectivity index (χ3n) is 7.01. The van der Waals surface area contributed by atoms with Crippen LogP contribution < -0.4 is 5.32 Å². The lowest BCUT2D eigenvalue weighted by Crippen LogP contribution is -2.56. The average molecular weight is 345 g/mol. The number of amides is 1. The minimum absolute atomic E-state index is 0.114. The highest BCUT2D eigenvalue weighted by Crippen LogP contribution is 2.61. The summed E-state index contributed by atoms with van der Waals surface area (Å²) >= 11 is 0. The van der Waals surface area contributed by atoms with Crippen molar-refractivity contribution in [2.75, 3.05) is 7.11 Å². The van der Waals surface area contributed by atoms with Gasteiger partial charge in [-0.15, -0.1) is 0 Å². The molecule has 4 aliphatic carbocycles. The van der Waals surface area contributed by atoms with Gasteiger partial charge >= 0.3 is 0 Å². The summed E-state index contributed by atoms with van der Waals surface area (Å²) in [7, 11) is 1.53. The van der Waals surface area contributed by atoms with E-state index in [4.69, 9.17) is 4.74 Å². The smallest absolute Gasteiger partial charge is 0.253 e. The Morgan fingerprint density at radius 2 is 1.64 bits per heavy atom. The Hall–Kier alpha value is -1.42. The van der Waals surface area contributed by atoms with Crippen molar-refractivity contribution in [1.29, 1.82) is 0 Å². The van der Waals surface area contributed by atoms with Gasteiger partial charge in [0.15, 0.2) is 6.10 Å². The fourth-order valence-corrected chi connectivity index (χ4v) is 6.18. The van der Waals surface area contributed by atoms with Crippen molar-refractivity contribution in [2.45, 2.75) is 57.6 Å². The summed E-state index contributed by atoms with van der Waals surface area (Å²) in [5, 5.41) is 3.24. The molecular formula is C21H28FNO2. The molecular weight excluding hydrogens is 317 g/mol. The van der Waals surface area contributed by atoms with Crippen LogP contribution in [-0.4, -0.2) is 19.1 Å². The van der Waals surface area contributed by atoms with E-state index in [1.54, 1.807) is 12.1 Å². The highest BCUT2D eigenvalue weighted by atomic mass is 19.1. The predicted molar refractivity (Wildman–Crippen MR) is 94.4 cm³/mol. The van der Waals surface area contributed by atoms with Crippen molar-refractivity contribution < 1.29 is 13.9 Å². The van der Waals surface area contributed by atoms with Crippen LogP contribution >= 0.6 is 0 Å². The minimum atomic E-state index is -0.683. The average Bonchev–Trinajstić information content (AvgIpc) is 2.56. The molecule has 0 radical (unpaired) electrons. The third-order valence-corrected chi connectivity index (χ3v) is 7.01. The SMILES string of the molecule is COC(C(=O)NC(C)C12CC3CC(CC(C3)C1)C2)c1ccc(F)cc1. The van der Waals surface area contributed by atoms with E-state index in [-0.39, 0.29) is 23.2 Å². The second-order valence-corrected chi connectivity index (χ2v) is 8.68. The molecule has 2 unspecified atom stereocenters. The Kier molecular flexibility index (Phi) is 4.35. The van der Waals surface area contributed by atoms with Crippen LogP contribution in [0.2, 0.25) is 0 Å². The molecule has 4 saturated carbocycles. The number of methoxy groups -OCH3 is 1. The first-order valence-electron chi connectivity index (χ1n) is 9.58. The van der Waals surface area contributed by atoms with Gasteiger partial charge in [-0.2, -0.15) is 0 Å². The minimum Gasteiger partial charge on any atom is -0.367 e. The van der Waals surface area contributed by atoms with Crippen molar-refractivity contribution in [1.82, 2.24) is 5.32 Å². The molecule has 0 heterocycles. The molecule has 2 atom stereocenters. The number of halogens is 1. The zero-order valence-corrected chi connectivity index (χ0v) is 15.1. The molecule has 4 fully saturated rings. The third kappa shape index (κ3) is 3.10. The fraction of sp³-hybridized carbons (Fsp3) is 0.667. The van der Waals surface area contributed by atoms with Gasteiger partial charge in [0.1, 0.15) is 5.82 Å². The maximum atomic E-state index is 13.1. The molecule has 3 nitrogen and oxygen atoms in total. The van der Waals surface area contributed by atoms with Crippen LogP contribution in [0, 0.1) is 29.0 Å². The highest BCUT2D eigenvalue weighted by Gasteiger charge is 2.53. The number of carbonyl (C=O) groups excluding carboxylic acids is 1. The molecule has 0 aliphatic heterocycles. The number of benzene rings is 1. The molecule has 0 saturated heterocycles. The molecule has 1 aromatic rings. The number of rotatable bonds is 5. The van der Waals surface area contributed by atoms with E-state index in [1.807, 2.05) is 0 Å². The summed E-state index contributed by atoms with van der Waals surface area (Å²) in [5.74, 6) is 2.17. The van der Waals surface area contributed by atoms with Crippen LogP contribution in [0.25, 0.3) is 0 Å². The Labute approximate surface area is 149 Å². The highest BCUT2D eigenvalue weighted by molar-refractivity contribution is 5.82. The molecule has 1 N–H and O–H groups in total. The van der Waals surface area contributed by atoms with Crippen molar-refractivity contribution in [3.8, 4) is 0 Å². The van der Waals surface area contributed by atoms with E-state index in [1.165, 1.54) is 57.8 Å². The van der Waals surface area contributed by atoms with Gasteiger partial charge in [-0.3, -0.25) is 4.79 Å².